The Morgan fingerprint density at radius 1 is 1.26 bits per heavy atom. The molecule has 7 nitrogen and oxygen atoms in total. The van der Waals surface area contributed by atoms with Crippen molar-refractivity contribution in [1.82, 2.24) is 4.90 Å². The highest BCUT2D eigenvalue weighted by Gasteiger charge is 2.32. The van der Waals surface area contributed by atoms with Crippen LogP contribution in [0.25, 0.3) is 0 Å². The van der Waals surface area contributed by atoms with E-state index in [1.54, 1.807) is 17.0 Å². The van der Waals surface area contributed by atoms with Gasteiger partial charge in [-0.05, 0) is 31.4 Å². The van der Waals surface area contributed by atoms with Gasteiger partial charge in [0.1, 0.15) is 5.69 Å². The summed E-state index contributed by atoms with van der Waals surface area (Å²) in [6, 6.07) is 4.88. The summed E-state index contributed by atoms with van der Waals surface area (Å²) in [4.78, 5) is 26.4. The average molecular weight is 340 g/mol. The molecular formula is C15H18ClN3O4. The highest BCUT2D eigenvalue weighted by Crippen LogP contribution is 2.33. The molecule has 0 atom stereocenters. The standard InChI is InChI=1S/C15H18ClN3O4/c16-11-2-3-13(14(10-11)19(21)22)17-7-4-12(5-8-17)18-6-1-9-23-15(18)20/h2-3,10,12H,1,4-9H2. The molecule has 0 radical (unpaired) electrons. The van der Waals surface area contributed by atoms with Crippen LogP contribution in [0.1, 0.15) is 19.3 Å². The first-order valence-corrected chi connectivity index (χ1v) is 8.06. The minimum absolute atomic E-state index is 0.0216. The molecule has 8 heteroatoms. The molecule has 0 aliphatic carbocycles. The molecule has 0 spiro atoms. The Morgan fingerprint density at radius 3 is 2.65 bits per heavy atom. The average Bonchev–Trinajstić information content (AvgIpc) is 2.55. The molecule has 2 heterocycles. The van der Waals surface area contributed by atoms with Crippen molar-refractivity contribution < 1.29 is 14.5 Å². The van der Waals surface area contributed by atoms with Crippen LogP contribution in [0.15, 0.2) is 18.2 Å². The Labute approximate surface area is 138 Å². The van der Waals surface area contributed by atoms with Gasteiger partial charge in [-0.2, -0.15) is 0 Å². The fraction of sp³-hybridized carbons (Fsp3) is 0.533. The Hall–Kier alpha value is -2.02. The number of hydrogen-bond donors (Lipinski definition) is 0. The van der Waals surface area contributed by atoms with E-state index in [1.165, 1.54) is 6.07 Å². The SMILES string of the molecule is O=C1OCCCN1C1CCN(c2ccc(Cl)cc2[N+](=O)[O-])CC1. The lowest BCUT2D eigenvalue weighted by Crippen LogP contribution is -2.50. The summed E-state index contributed by atoms with van der Waals surface area (Å²) in [5.41, 5.74) is 0.604. The number of cyclic esters (lactones) is 1. The summed E-state index contributed by atoms with van der Waals surface area (Å²) in [7, 11) is 0. The number of hydrogen-bond acceptors (Lipinski definition) is 5. The van der Waals surface area contributed by atoms with Gasteiger partial charge in [0.2, 0.25) is 0 Å². The second-order valence-corrected chi connectivity index (χ2v) is 6.21. The molecule has 2 fully saturated rings. The summed E-state index contributed by atoms with van der Waals surface area (Å²) in [5.74, 6) is 0. The first kappa shape index (κ1) is 15.9. The van der Waals surface area contributed by atoms with Crippen molar-refractivity contribution in [1.29, 1.82) is 0 Å². The zero-order valence-corrected chi connectivity index (χ0v) is 13.4. The number of benzene rings is 1. The molecule has 1 aromatic carbocycles. The van der Waals surface area contributed by atoms with Crippen LogP contribution in [0, 0.1) is 10.1 Å². The van der Waals surface area contributed by atoms with Gasteiger partial charge in [0, 0.05) is 36.8 Å². The maximum Gasteiger partial charge on any atom is 0.410 e. The normalized spacial score (nSPS) is 19.6. The number of carbonyl (C=O) groups is 1. The Morgan fingerprint density at radius 2 is 2.00 bits per heavy atom. The van der Waals surface area contributed by atoms with Crippen molar-refractivity contribution >= 4 is 29.1 Å². The lowest BCUT2D eigenvalue weighted by molar-refractivity contribution is -0.384. The van der Waals surface area contributed by atoms with Crippen LogP contribution in [0.2, 0.25) is 5.02 Å². The van der Waals surface area contributed by atoms with Gasteiger partial charge in [-0.1, -0.05) is 11.6 Å². The number of halogens is 1. The van der Waals surface area contributed by atoms with Crippen molar-refractivity contribution in [2.45, 2.75) is 25.3 Å². The highest BCUT2D eigenvalue weighted by atomic mass is 35.5. The fourth-order valence-electron chi connectivity index (χ4n) is 3.23. The largest absolute Gasteiger partial charge is 0.449 e. The number of nitro benzene ring substituents is 1. The van der Waals surface area contributed by atoms with Crippen molar-refractivity contribution in [2.75, 3.05) is 31.1 Å². The zero-order valence-electron chi connectivity index (χ0n) is 12.6. The molecular weight excluding hydrogens is 322 g/mol. The summed E-state index contributed by atoms with van der Waals surface area (Å²) in [5, 5.41) is 11.6. The molecule has 2 aliphatic rings. The monoisotopic (exact) mass is 339 g/mol. The van der Waals surface area contributed by atoms with Crippen LogP contribution >= 0.6 is 11.6 Å². The molecule has 1 aromatic rings. The summed E-state index contributed by atoms with van der Waals surface area (Å²) in [6.45, 7) is 2.55. The van der Waals surface area contributed by atoms with Gasteiger partial charge in [-0.15, -0.1) is 0 Å². The number of nitrogens with zero attached hydrogens (tertiary/aromatic N) is 3. The van der Waals surface area contributed by atoms with Crippen LogP contribution in [0.3, 0.4) is 0 Å². The van der Waals surface area contributed by atoms with E-state index in [0.717, 1.165) is 25.8 Å². The minimum Gasteiger partial charge on any atom is -0.449 e. The van der Waals surface area contributed by atoms with Gasteiger partial charge < -0.3 is 14.5 Å². The van der Waals surface area contributed by atoms with E-state index < -0.39 is 4.92 Å². The highest BCUT2D eigenvalue weighted by molar-refractivity contribution is 6.30. The second kappa shape index (κ2) is 6.62. The van der Waals surface area contributed by atoms with Gasteiger partial charge in [0.25, 0.3) is 5.69 Å². The van der Waals surface area contributed by atoms with Crippen LogP contribution in [0.5, 0.6) is 0 Å². The second-order valence-electron chi connectivity index (χ2n) is 5.77. The Kier molecular flexibility index (Phi) is 4.56. The van der Waals surface area contributed by atoms with Gasteiger partial charge in [-0.3, -0.25) is 10.1 Å². The first-order chi connectivity index (χ1) is 11.1. The van der Waals surface area contributed by atoms with Crippen molar-refractivity contribution in [2.24, 2.45) is 0 Å². The van der Waals surface area contributed by atoms with E-state index >= 15 is 0 Å². The van der Waals surface area contributed by atoms with Crippen LogP contribution in [0.4, 0.5) is 16.2 Å². The van der Waals surface area contributed by atoms with Crippen LogP contribution < -0.4 is 4.90 Å². The number of piperidine rings is 1. The molecule has 0 saturated carbocycles. The number of rotatable bonds is 3. The van der Waals surface area contributed by atoms with E-state index in [1.807, 2.05) is 4.90 Å². The van der Waals surface area contributed by atoms with Crippen molar-refractivity contribution in [3.63, 3.8) is 0 Å². The smallest absolute Gasteiger partial charge is 0.410 e. The van der Waals surface area contributed by atoms with Crippen molar-refractivity contribution in [3.8, 4) is 0 Å². The topological polar surface area (TPSA) is 75.9 Å². The number of nitro groups is 1. The molecule has 2 saturated heterocycles. The molecule has 0 unspecified atom stereocenters. The molecule has 0 aromatic heterocycles. The van der Waals surface area contributed by atoms with Gasteiger partial charge in [0.05, 0.1) is 11.5 Å². The molecule has 0 bridgehead atoms. The summed E-state index contributed by atoms with van der Waals surface area (Å²) in [6.07, 6.45) is 2.16. The Balaban J connectivity index is 1.69. The minimum atomic E-state index is -0.407. The predicted octanol–water partition coefficient (Wildman–Crippen LogP) is 3.06. The van der Waals surface area contributed by atoms with Crippen molar-refractivity contribution in [3.05, 3.63) is 33.3 Å². The number of amides is 1. The number of carbonyl (C=O) groups excluding carboxylic acids is 1. The maximum absolute atomic E-state index is 11.8. The van der Waals surface area contributed by atoms with Crippen LogP contribution in [-0.2, 0) is 4.74 Å². The third-order valence-electron chi connectivity index (χ3n) is 4.38. The maximum atomic E-state index is 11.8. The molecule has 2 aliphatic heterocycles. The van der Waals surface area contributed by atoms with Gasteiger partial charge in [0.15, 0.2) is 0 Å². The van der Waals surface area contributed by atoms with E-state index in [-0.39, 0.29) is 17.8 Å². The molecule has 23 heavy (non-hydrogen) atoms. The van der Waals surface area contributed by atoms with E-state index in [9.17, 15) is 14.9 Å². The Bertz CT molecular complexity index is 617. The third-order valence-corrected chi connectivity index (χ3v) is 4.62. The number of ether oxygens (including phenoxy) is 1. The quantitative estimate of drug-likeness (QED) is 0.625. The molecule has 124 valence electrons. The van der Waals surface area contributed by atoms with E-state index in [0.29, 0.717) is 30.4 Å². The lowest BCUT2D eigenvalue weighted by atomic mass is 10.0. The number of anilines is 1. The molecule has 1 amide bonds. The van der Waals surface area contributed by atoms with Crippen LogP contribution in [-0.4, -0.2) is 48.2 Å². The summed E-state index contributed by atoms with van der Waals surface area (Å²) >= 11 is 5.86. The van der Waals surface area contributed by atoms with Gasteiger partial charge in [-0.25, -0.2) is 4.79 Å². The van der Waals surface area contributed by atoms with E-state index in [2.05, 4.69) is 0 Å². The molecule has 0 N–H and O–H groups in total. The summed E-state index contributed by atoms with van der Waals surface area (Å²) < 4.78 is 5.09. The molecule has 3 rings (SSSR count). The van der Waals surface area contributed by atoms with Gasteiger partial charge >= 0.3 is 6.09 Å². The zero-order chi connectivity index (χ0) is 16.4. The predicted molar refractivity (Wildman–Crippen MR) is 86.0 cm³/mol. The lowest BCUT2D eigenvalue weighted by Gasteiger charge is -2.40. The van der Waals surface area contributed by atoms with E-state index in [4.69, 9.17) is 16.3 Å². The third kappa shape index (κ3) is 3.34. The first-order valence-electron chi connectivity index (χ1n) is 7.68. The fourth-order valence-corrected chi connectivity index (χ4v) is 3.40.